The third-order valence-corrected chi connectivity index (χ3v) is 3.60. The minimum Gasteiger partial charge on any atom is -0.328 e. The average Bonchev–Trinajstić information content (AvgIpc) is 3.19. The molecular weight excluding hydrogens is 208 g/mol. The quantitative estimate of drug-likeness (QED) is 0.783. The van der Waals surface area contributed by atoms with Crippen molar-refractivity contribution in [2.24, 2.45) is 5.73 Å². The molecule has 2 nitrogen and oxygen atoms in total. The summed E-state index contributed by atoms with van der Waals surface area (Å²) in [6, 6.07) is 11.9. The fourth-order valence-electron chi connectivity index (χ4n) is 2.18. The van der Waals surface area contributed by atoms with Gasteiger partial charge in [0.2, 0.25) is 0 Å². The van der Waals surface area contributed by atoms with Crippen molar-refractivity contribution >= 4 is 0 Å². The average molecular weight is 232 g/mol. The van der Waals surface area contributed by atoms with E-state index in [1.54, 1.807) is 0 Å². The van der Waals surface area contributed by atoms with E-state index in [2.05, 4.69) is 42.2 Å². The van der Waals surface area contributed by atoms with E-state index in [-0.39, 0.29) is 0 Å². The second-order valence-electron chi connectivity index (χ2n) is 5.14. The second kappa shape index (κ2) is 6.18. The minimum atomic E-state index is 0.368. The van der Waals surface area contributed by atoms with Crippen LogP contribution in [-0.2, 0) is 6.54 Å². The summed E-state index contributed by atoms with van der Waals surface area (Å²) < 4.78 is 0. The highest BCUT2D eigenvalue weighted by Gasteiger charge is 2.28. The molecule has 0 bridgehead atoms. The Morgan fingerprint density at radius 1 is 1.29 bits per heavy atom. The first-order valence-electron chi connectivity index (χ1n) is 6.83. The molecule has 1 aliphatic rings. The number of rotatable bonds is 7. The standard InChI is InChI=1S/C15H24N2/c1-2-14(16)10-11-17(15-8-9-15)12-13-6-4-3-5-7-13/h3-7,14-15H,2,8-12,16H2,1H3. The van der Waals surface area contributed by atoms with Crippen molar-refractivity contribution in [2.45, 2.75) is 51.2 Å². The normalized spacial score (nSPS) is 17.4. The second-order valence-corrected chi connectivity index (χ2v) is 5.14. The van der Waals surface area contributed by atoms with Crippen molar-refractivity contribution in [3.63, 3.8) is 0 Å². The van der Waals surface area contributed by atoms with Gasteiger partial charge in [-0.2, -0.15) is 0 Å². The molecule has 0 aromatic heterocycles. The lowest BCUT2D eigenvalue weighted by atomic mass is 10.1. The van der Waals surface area contributed by atoms with E-state index in [1.807, 2.05) is 0 Å². The summed E-state index contributed by atoms with van der Waals surface area (Å²) in [5.41, 5.74) is 7.43. The van der Waals surface area contributed by atoms with Crippen LogP contribution in [-0.4, -0.2) is 23.5 Å². The lowest BCUT2D eigenvalue weighted by Crippen LogP contribution is -2.31. The van der Waals surface area contributed by atoms with Gasteiger partial charge in [0.1, 0.15) is 0 Å². The Kier molecular flexibility index (Phi) is 4.57. The van der Waals surface area contributed by atoms with Crippen LogP contribution in [0.25, 0.3) is 0 Å². The highest BCUT2D eigenvalue weighted by atomic mass is 15.2. The molecule has 1 unspecified atom stereocenters. The van der Waals surface area contributed by atoms with Gasteiger partial charge >= 0.3 is 0 Å². The highest BCUT2D eigenvalue weighted by Crippen LogP contribution is 2.28. The van der Waals surface area contributed by atoms with Gasteiger partial charge in [-0.1, -0.05) is 37.3 Å². The predicted octanol–water partition coefficient (Wildman–Crippen LogP) is 2.78. The number of hydrogen-bond acceptors (Lipinski definition) is 2. The van der Waals surface area contributed by atoms with Crippen LogP contribution in [0.3, 0.4) is 0 Å². The van der Waals surface area contributed by atoms with Crippen molar-refractivity contribution in [2.75, 3.05) is 6.54 Å². The summed E-state index contributed by atoms with van der Waals surface area (Å²) in [5.74, 6) is 0. The van der Waals surface area contributed by atoms with Crippen LogP contribution in [0.1, 0.15) is 38.2 Å². The largest absolute Gasteiger partial charge is 0.328 e. The Morgan fingerprint density at radius 2 is 2.00 bits per heavy atom. The van der Waals surface area contributed by atoms with Gasteiger partial charge in [0, 0.05) is 25.2 Å². The van der Waals surface area contributed by atoms with Crippen LogP contribution in [0.4, 0.5) is 0 Å². The summed E-state index contributed by atoms with van der Waals surface area (Å²) in [5, 5.41) is 0. The minimum absolute atomic E-state index is 0.368. The molecule has 94 valence electrons. The van der Waals surface area contributed by atoms with Gasteiger partial charge in [0.25, 0.3) is 0 Å². The van der Waals surface area contributed by atoms with Crippen molar-refractivity contribution in [3.8, 4) is 0 Å². The van der Waals surface area contributed by atoms with Crippen LogP contribution < -0.4 is 5.73 Å². The monoisotopic (exact) mass is 232 g/mol. The van der Waals surface area contributed by atoms with E-state index in [1.165, 1.54) is 18.4 Å². The lowest BCUT2D eigenvalue weighted by Gasteiger charge is -2.23. The number of nitrogens with zero attached hydrogens (tertiary/aromatic N) is 1. The Hall–Kier alpha value is -0.860. The zero-order valence-electron chi connectivity index (χ0n) is 10.8. The van der Waals surface area contributed by atoms with Crippen molar-refractivity contribution < 1.29 is 0 Å². The summed E-state index contributed by atoms with van der Waals surface area (Å²) in [6.45, 7) is 4.40. The topological polar surface area (TPSA) is 29.3 Å². The summed E-state index contributed by atoms with van der Waals surface area (Å²) in [6.07, 6.45) is 4.95. The molecule has 1 aromatic rings. The van der Waals surface area contributed by atoms with Crippen LogP contribution in [0, 0.1) is 0 Å². The highest BCUT2D eigenvalue weighted by molar-refractivity contribution is 5.14. The van der Waals surface area contributed by atoms with E-state index in [0.29, 0.717) is 6.04 Å². The molecule has 1 saturated carbocycles. The number of benzene rings is 1. The van der Waals surface area contributed by atoms with Gasteiger partial charge in [0.15, 0.2) is 0 Å². The fourth-order valence-corrected chi connectivity index (χ4v) is 2.18. The maximum atomic E-state index is 6.01. The molecule has 0 amide bonds. The molecule has 1 atom stereocenters. The summed E-state index contributed by atoms with van der Waals surface area (Å²) >= 11 is 0. The van der Waals surface area contributed by atoms with Gasteiger partial charge < -0.3 is 5.73 Å². The third-order valence-electron chi connectivity index (χ3n) is 3.60. The smallest absolute Gasteiger partial charge is 0.0236 e. The summed E-state index contributed by atoms with van der Waals surface area (Å²) in [7, 11) is 0. The molecule has 2 rings (SSSR count). The summed E-state index contributed by atoms with van der Waals surface area (Å²) in [4.78, 5) is 2.60. The van der Waals surface area contributed by atoms with Crippen molar-refractivity contribution in [3.05, 3.63) is 35.9 Å². The number of hydrogen-bond donors (Lipinski definition) is 1. The van der Waals surface area contributed by atoms with E-state index in [0.717, 1.165) is 32.0 Å². The molecule has 0 aliphatic heterocycles. The molecule has 0 radical (unpaired) electrons. The van der Waals surface area contributed by atoms with Crippen LogP contribution in [0.5, 0.6) is 0 Å². The molecule has 1 aromatic carbocycles. The van der Waals surface area contributed by atoms with E-state index in [4.69, 9.17) is 5.73 Å². The van der Waals surface area contributed by atoms with E-state index >= 15 is 0 Å². The van der Waals surface area contributed by atoms with Crippen molar-refractivity contribution in [1.29, 1.82) is 0 Å². The van der Waals surface area contributed by atoms with Gasteiger partial charge in [-0.05, 0) is 31.2 Å². The maximum Gasteiger partial charge on any atom is 0.0236 e. The van der Waals surface area contributed by atoms with E-state index in [9.17, 15) is 0 Å². The Morgan fingerprint density at radius 3 is 2.59 bits per heavy atom. The van der Waals surface area contributed by atoms with Crippen molar-refractivity contribution in [1.82, 2.24) is 4.90 Å². The van der Waals surface area contributed by atoms with Gasteiger partial charge in [0.05, 0.1) is 0 Å². The zero-order valence-corrected chi connectivity index (χ0v) is 10.8. The zero-order chi connectivity index (χ0) is 12.1. The molecule has 1 fully saturated rings. The molecule has 0 saturated heterocycles. The van der Waals surface area contributed by atoms with Crippen LogP contribution >= 0.6 is 0 Å². The van der Waals surface area contributed by atoms with Gasteiger partial charge in [-0.15, -0.1) is 0 Å². The first kappa shape index (κ1) is 12.6. The predicted molar refractivity (Wildman–Crippen MR) is 72.8 cm³/mol. The van der Waals surface area contributed by atoms with Crippen LogP contribution in [0.2, 0.25) is 0 Å². The first-order valence-corrected chi connectivity index (χ1v) is 6.83. The fraction of sp³-hybridized carbons (Fsp3) is 0.600. The molecule has 2 N–H and O–H groups in total. The molecule has 0 spiro atoms. The van der Waals surface area contributed by atoms with E-state index < -0.39 is 0 Å². The molecule has 17 heavy (non-hydrogen) atoms. The van der Waals surface area contributed by atoms with Gasteiger partial charge in [-0.25, -0.2) is 0 Å². The lowest BCUT2D eigenvalue weighted by molar-refractivity contribution is 0.243. The molecular formula is C15H24N2. The Balaban J connectivity index is 1.85. The molecule has 2 heteroatoms. The Bertz CT molecular complexity index is 319. The third kappa shape index (κ3) is 4.14. The van der Waals surface area contributed by atoms with Gasteiger partial charge in [-0.3, -0.25) is 4.90 Å². The maximum absolute atomic E-state index is 6.01. The Labute approximate surface area is 105 Å². The first-order chi connectivity index (χ1) is 8.29. The van der Waals surface area contributed by atoms with Crippen LogP contribution in [0.15, 0.2) is 30.3 Å². The SMILES string of the molecule is CCC(N)CCN(Cc1ccccc1)C1CC1. The number of nitrogens with two attached hydrogens (primary N) is 1. The molecule has 1 aliphatic carbocycles. The molecule has 0 heterocycles.